The van der Waals surface area contributed by atoms with Crippen LogP contribution in [0.5, 0.6) is 0 Å². The van der Waals surface area contributed by atoms with Crippen molar-refractivity contribution >= 4 is 23.4 Å². The maximum atomic E-state index is 12.3. The van der Waals surface area contributed by atoms with Gasteiger partial charge in [-0.15, -0.1) is 0 Å². The fourth-order valence-electron chi connectivity index (χ4n) is 2.08. The summed E-state index contributed by atoms with van der Waals surface area (Å²) >= 11 is 1.91. The van der Waals surface area contributed by atoms with Crippen molar-refractivity contribution in [2.45, 2.75) is 46.6 Å². The lowest BCUT2D eigenvalue weighted by atomic mass is 10.1. The Morgan fingerprint density at radius 2 is 2.10 bits per heavy atom. The van der Waals surface area contributed by atoms with Crippen LogP contribution in [0, 0.1) is 6.92 Å². The molecule has 0 fully saturated rings. The van der Waals surface area contributed by atoms with Crippen molar-refractivity contribution in [2.75, 3.05) is 23.4 Å². The predicted octanol–water partition coefficient (Wildman–Crippen LogP) is 4.08. The zero-order valence-corrected chi connectivity index (χ0v) is 14.5. The second-order valence-corrected chi connectivity index (χ2v) is 6.71. The topological polar surface area (TPSA) is 41.1 Å². The van der Waals surface area contributed by atoms with Gasteiger partial charge in [0.25, 0.3) is 5.91 Å². The van der Waals surface area contributed by atoms with Crippen LogP contribution >= 0.6 is 11.8 Å². The van der Waals surface area contributed by atoms with Crippen molar-refractivity contribution in [2.24, 2.45) is 0 Å². The molecule has 1 unspecified atom stereocenters. The quantitative estimate of drug-likeness (QED) is 0.675. The van der Waals surface area contributed by atoms with E-state index in [1.54, 1.807) is 0 Å². The molecular weight excluding hydrogens is 280 g/mol. The van der Waals surface area contributed by atoms with Crippen LogP contribution in [0.25, 0.3) is 0 Å². The van der Waals surface area contributed by atoms with E-state index in [0.717, 1.165) is 47.7 Å². The molecule has 21 heavy (non-hydrogen) atoms. The molecule has 1 aromatic carbocycles. The van der Waals surface area contributed by atoms with Crippen LogP contribution in [-0.2, 0) is 0 Å². The number of thioether (sulfide) groups is 1. The van der Waals surface area contributed by atoms with Gasteiger partial charge in [0.15, 0.2) is 0 Å². The van der Waals surface area contributed by atoms with Crippen molar-refractivity contribution in [3.63, 3.8) is 0 Å². The molecule has 2 N–H and O–H groups in total. The third kappa shape index (κ3) is 6.42. The van der Waals surface area contributed by atoms with Gasteiger partial charge in [-0.05, 0) is 62.0 Å². The first kappa shape index (κ1) is 17.9. The van der Waals surface area contributed by atoms with E-state index >= 15 is 0 Å². The highest BCUT2D eigenvalue weighted by Gasteiger charge is 2.12. The minimum Gasteiger partial charge on any atom is -0.385 e. The summed E-state index contributed by atoms with van der Waals surface area (Å²) in [5.74, 6) is 2.26. The van der Waals surface area contributed by atoms with Crippen LogP contribution in [0.2, 0.25) is 0 Å². The van der Waals surface area contributed by atoms with Gasteiger partial charge in [0.05, 0.1) is 0 Å². The lowest BCUT2D eigenvalue weighted by molar-refractivity contribution is 0.0939. The van der Waals surface area contributed by atoms with Gasteiger partial charge in [0.1, 0.15) is 0 Å². The van der Waals surface area contributed by atoms with Crippen LogP contribution in [0.15, 0.2) is 18.2 Å². The number of aryl methyl sites for hydroxylation is 1. The highest BCUT2D eigenvalue weighted by atomic mass is 32.2. The highest BCUT2D eigenvalue weighted by molar-refractivity contribution is 7.99. The summed E-state index contributed by atoms with van der Waals surface area (Å²) < 4.78 is 0. The molecule has 0 saturated carbocycles. The second-order valence-electron chi connectivity index (χ2n) is 5.32. The number of amides is 1. The lowest BCUT2D eigenvalue weighted by Gasteiger charge is -2.15. The standard InChI is InChI=1S/C17H28N2OS/c1-5-10-18-15-7-8-16(13(3)12-15)17(20)19-14(4)9-11-21-6-2/h7-8,12,14,18H,5-6,9-11H2,1-4H3,(H,19,20). The van der Waals surface area contributed by atoms with E-state index in [1.165, 1.54) is 0 Å². The first-order valence-electron chi connectivity index (χ1n) is 7.81. The van der Waals surface area contributed by atoms with E-state index in [0.29, 0.717) is 0 Å². The van der Waals surface area contributed by atoms with Crippen molar-refractivity contribution < 1.29 is 4.79 Å². The second kappa shape index (κ2) is 9.72. The van der Waals surface area contributed by atoms with E-state index in [9.17, 15) is 4.79 Å². The SMILES string of the molecule is CCCNc1ccc(C(=O)NC(C)CCSCC)c(C)c1. The number of anilines is 1. The minimum absolute atomic E-state index is 0.0311. The van der Waals surface area contributed by atoms with Gasteiger partial charge in [0, 0.05) is 23.8 Å². The molecule has 0 aromatic heterocycles. The predicted molar refractivity (Wildman–Crippen MR) is 94.5 cm³/mol. The van der Waals surface area contributed by atoms with E-state index in [-0.39, 0.29) is 11.9 Å². The summed E-state index contributed by atoms with van der Waals surface area (Å²) in [5.41, 5.74) is 2.87. The van der Waals surface area contributed by atoms with Gasteiger partial charge in [0.2, 0.25) is 0 Å². The van der Waals surface area contributed by atoms with Crippen LogP contribution in [0.1, 0.15) is 49.5 Å². The third-order valence-electron chi connectivity index (χ3n) is 3.33. The Morgan fingerprint density at radius 1 is 1.33 bits per heavy atom. The highest BCUT2D eigenvalue weighted by Crippen LogP contribution is 2.15. The number of hydrogen-bond acceptors (Lipinski definition) is 3. The molecule has 1 rings (SSSR count). The normalized spacial score (nSPS) is 12.0. The Hall–Kier alpha value is -1.16. The maximum Gasteiger partial charge on any atom is 0.251 e. The number of carbonyl (C=O) groups is 1. The Bertz CT molecular complexity index is 448. The first-order chi connectivity index (χ1) is 10.1. The van der Waals surface area contributed by atoms with Crippen LogP contribution in [-0.4, -0.2) is 30.0 Å². The van der Waals surface area contributed by atoms with Gasteiger partial charge in [-0.1, -0.05) is 13.8 Å². The summed E-state index contributed by atoms with van der Waals surface area (Å²) in [6.45, 7) is 9.31. The smallest absolute Gasteiger partial charge is 0.251 e. The average Bonchev–Trinajstić information content (AvgIpc) is 2.45. The van der Waals surface area contributed by atoms with Crippen molar-refractivity contribution in [3.05, 3.63) is 29.3 Å². The fourth-order valence-corrected chi connectivity index (χ4v) is 2.88. The van der Waals surface area contributed by atoms with Gasteiger partial charge in [-0.2, -0.15) is 11.8 Å². The number of benzene rings is 1. The molecule has 4 heteroatoms. The molecule has 3 nitrogen and oxygen atoms in total. The number of hydrogen-bond donors (Lipinski definition) is 2. The van der Waals surface area contributed by atoms with Crippen molar-refractivity contribution in [1.29, 1.82) is 0 Å². The monoisotopic (exact) mass is 308 g/mol. The summed E-state index contributed by atoms with van der Waals surface area (Å²) in [6.07, 6.45) is 2.11. The van der Waals surface area contributed by atoms with Crippen molar-refractivity contribution in [3.8, 4) is 0 Å². The van der Waals surface area contributed by atoms with Gasteiger partial charge in [-0.3, -0.25) is 4.79 Å². The Labute approximate surface area is 133 Å². The minimum atomic E-state index is 0.0311. The average molecular weight is 308 g/mol. The fraction of sp³-hybridized carbons (Fsp3) is 0.588. The van der Waals surface area contributed by atoms with Gasteiger partial charge >= 0.3 is 0 Å². The molecule has 1 atom stereocenters. The van der Waals surface area contributed by atoms with Gasteiger partial charge in [-0.25, -0.2) is 0 Å². The van der Waals surface area contributed by atoms with E-state index in [4.69, 9.17) is 0 Å². The largest absolute Gasteiger partial charge is 0.385 e. The summed E-state index contributed by atoms with van der Waals surface area (Å²) in [5, 5.41) is 6.43. The van der Waals surface area contributed by atoms with Crippen LogP contribution < -0.4 is 10.6 Å². The summed E-state index contributed by atoms with van der Waals surface area (Å²) in [6, 6.07) is 6.15. The third-order valence-corrected chi connectivity index (χ3v) is 4.26. The molecule has 0 aliphatic heterocycles. The number of carbonyl (C=O) groups excluding carboxylic acids is 1. The number of rotatable bonds is 9. The molecule has 0 bridgehead atoms. The summed E-state index contributed by atoms with van der Waals surface area (Å²) in [7, 11) is 0. The molecule has 0 heterocycles. The Morgan fingerprint density at radius 3 is 2.71 bits per heavy atom. The zero-order valence-electron chi connectivity index (χ0n) is 13.7. The van der Waals surface area contributed by atoms with Crippen molar-refractivity contribution in [1.82, 2.24) is 5.32 Å². The van der Waals surface area contributed by atoms with Crippen LogP contribution in [0.3, 0.4) is 0 Å². The van der Waals surface area contributed by atoms with Gasteiger partial charge < -0.3 is 10.6 Å². The maximum absolute atomic E-state index is 12.3. The van der Waals surface area contributed by atoms with Crippen LogP contribution in [0.4, 0.5) is 5.69 Å². The Balaban J connectivity index is 2.57. The molecule has 0 radical (unpaired) electrons. The van der Waals surface area contributed by atoms with E-state index < -0.39 is 0 Å². The molecular formula is C17H28N2OS. The summed E-state index contributed by atoms with van der Waals surface area (Å²) in [4.78, 5) is 12.3. The zero-order chi connectivity index (χ0) is 15.7. The molecule has 0 spiro atoms. The van der Waals surface area contributed by atoms with E-state index in [1.807, 2.05) is 36.9 Å². The molecule has 0 aliphatic rings. The molecule has 1 aromatic rings. The van der Waals surface area contributed by atoms with E-state index in [2.05, 4.69) is 31.4 Å². The molecule has 0 saturated heterocycles. The Kier molecular flexibility index (Phi) is 8.28. The number of nitrogens with one attached hydrogen (secondary N) is 2. The molecule has 0 aliphatic carbocycles. The molecule has 1 amide bonds. The first-order valence-corrected chi connectivity index (χ1v) is 8.97. The molecule has 118 valence electrons. The lowest BCUT2D eigenvalue weighted by Crippen LogP contribution is -2.33.